The molecule has 0 radical (unpaired) electrons. The Morgan fingerprint density at radius 2 is 1.72 bits per heavy atom. The van der Waals surface area contributed by atoms with E-state index >= 15 is 0 Å². The normalized spacial score (nSPS) is 13.6. The quantitative estimate of drug-likeness (QED) is 0.320. The maximum absolute atomic E-state index is 13.9. The largest absolute Gasteiger partial charge is 0.417 e. The summed E-state index contributed by atoms with van der Waals surface area (Å²) in [4.78, 5) is 12.7. The molecule has 1 aromatic carbocycles. The summed E-state index contributed by atoms with van der Waals surface area (Å²) in [6.45, 7) is 10.7. The van der Waals surface area contributed by atoms with Crippen molar-refractivity contribution in [2.24, 2.45) is 0 Å². The summed E-state index contributed by atoms with van der Waals surface area (Å²) in [7, 11) is -2.07. The van der Waals surface area contributed by atoms with Crippen LogP contribution in [0, 0.1) is 17.5 Å². The highest BCUT2D eigenvalue weighted by Crippen LogP contribution is 2.37. The molecule has 9 heteroatoms. The van der Waals surface area contributed by atoms with Gasteiger partial charge in [-0.1, -0.05) is 32.4 Å². The van der Waals surface area contributed by atoms with E-state index in [1.54, 1.807) is 0 Å². The summed E-state index contributed by atoms with van der Waals surface area (Å²) < 4.78 is 48.9. The van der Waals surface area contributed by atoms with Crippen LogP contribution in [-0.2, 0) is 4.43 Å². The standard InChI is InChI=1S/C20H24BrClF3NO2Si/c1-20(2,3)29(4,5)28-7-6-17(12-8-15(23)18(25)16(24)9-12)26-11-13(22)10-14(21)19(26)27/h8-11,17H,6-7H2,1-5H3. The second-order valence-corrected chi connectivity index (χ2v) is 14.5. The third kappa shape index (κ3) is 5.54. The van der Waals surface area contributed by atoms with Gasteiger partial charge in [-0.15, -0.1) is 0 Å². The molecule has 0 saturated heterocycles. The predicted octanol–water partition coefficient (Wildman–Crippen LogP) is 6.68. The fourth-order valence-corrected chi connectivity index (χ4v) is 4.50. The van der Waals surface area contributed by atoms with E-state index in [1.165, 1.54) is 16.8 Å². The molecule has 0 fully saturated rings. The Bertz CT molecular complexity index is 937. The molecule has 0 amide bonds. The maximum Gasteiger partial charge on any atom is 0.265 e. The van der Waals surface area contributed by atoms with Gasteiger partial charge >= 0.3 is 0 Å². The van der Waals surface area contributed by atoms with E-state index in [0.29, 0.717) is 0 Å². The van der Waals surface area contributed by atoms with E-state index in [9.17, 15) is 18.0 Å². The number of benzene rings is 1. The van der Waals surface area contributed by atoms with Gasteiger partial charge < -0.3 is 8.99 Å². The lowest BCUT2D eigenvalue weighted by Gasteiger charge is -2.36. The molecule has 1 atom stereocenters. The van der Waals surface area contributed by atoms with E-state index in [0.717, 1.165) is 12.1 Å². The van der Waals surface area contributed by atoms with Crippen molar-refractivity contribution >= 4 is 35.8 Å². The third-order valence-electron chi connectivity index (χ3n) is 5.35. The average Bonchev–Trinajstić information content (AvgIpc) is 2.58. The van der Waals surface area contributed by atoms with Gasteiger partial charge in [0.15, 0.2) is 25.8 Å². The number of hydrogen-bond donors (Lipinski definition) is 0. The summed E-state index contributed by atoms with van der Waals surface area (Å²) in [5, 5.41) is 0.252. The van der Waals surface area contributed by atoms with Crippen LogP contribution in [-0.4, -0.2) is 19.5 Å². The van der Waals surface area contributed by atoms with Crippen LogP contribution >= 0.6 is 27.5 Å². The second-order valence-electron chi connectivity index (χ2n) is 8.43. The molecule has 2 rings (SSSR count). The lowest BCUT2D eigenvalue weighted by Crippen LogP contribution is -2.41. The minimum absolute atomic E-state index is 0.0213. The first-order chi connectivity index (χ1) is 13.2. The fourth-order valence-electron chi connectivity index (χ4n) is 2.64. The molecule has 1 heterocycles. The Balaban J connectivity index is 2.47. The van der Waals surface area contributed by atoms with Gasteiger partial charge in [0.25, 0.3) is 5.56 Å². The van der Waals surface area contributed by atoms with Crippen molar-refractivity contribution in [2.45, 2.75) is 51.4 Å². The summed E-state index contributed by atoms with van der Waals surface area (Å²) >= 11 is 9.24. The summed E-state index contributed by atoms with van der Waals surface area (Å²) in [6.07, 6.45) is 1.65. The number of halogens is 5. The van der Waals surface area contributed by atoms with Gasteiger partial charge in [0, 0.05) is 12.8 Å². The Morgan fingerprint density at radius 1 is 1.17 bits per heavy atom. The van der Waals surface area contributed by atoms with Crippen molar-refractivity contribution in [1.82, 2.24) is 4.57 Å². The summed E-state index contributed by atoms with van der Waals surface area (Å²) in [6, 6.07) is 2.45. The molecule has 0 aliphatic heterocycles. The minimum atomic E-state index is -2.07. The van der Waals surface area contributed by atoms with E-state index < -0.39 is 37.4 Å². The minimum Gasteiger partial charge on any atom is -0.417 e. The monoisotopic (exact) mass is 509 g/mol. The molecule has 1 aromatic heterocycles. The first kappa shape index (κ1) is 24.2. The lowest BCUT2D eigenvalue weighted by molar-refractivity contribution is 0.263. The topological polar surface area (TPSA) is 31.2 Å². The van der Waals surface area contributed by atoms with E-state index in [1.807, 2.05) is 0 Å². The van der Waals surface area contributed by atoms with E-state index in [2.05, 4.69) is 49.8 Å². The molecule has 0 aliphatic carbocycles. The Hall–Kier alpha value is -1.09. The molecule has 2 aromatic rings. The number of aromatic nitrogens is 1. The smallest absolute Gasteiger partial charge is 0.265 e. The van der Waals surface area contributed by atoms with Gasteiger partial charge in [-0.25, -0.2) is 13.2 Å². The molecule has 0 bridgehead atoms. The van der Waals surface area contributed by atoms with Crippen molar-refractivity contribution in [1.29, 1.82) is 0 Å². The van der Waals surface area contributed by atoms with Crippen LogP contribution in [0.15, 0.2) is 33.7 Å². The van der Waals surface area contributed by atoms with Crippen molar-refractivity contribution < 1.29 is 17.6 Å². The Kier molecular flexibility index (Phi) is 7.47. The molecule has 1 unspecified atom stereocenters. The SMILES string of the molecule is CC(C)(C)[Si](C)(C)OCCC(c1cc(F)c(F)c(F)c1)n1cc(Cl)cc(Br)c1=O. The molecule has 0 saturated carbocycles. The Morgan fingerprint density at radius 3 is 2.24 bits per heavy atom. The van der Waals surface area contributed by atoms with Crippen molar-refractivity contribution in [2.75, 3.05) is 6.61 Å². The molecule has 0 spiro atoms. The molecule has 0 aliphatic rings. The first-order valence-corrected chi connectivity index (χ1v) is 13.2. The van der Waals surface area contributed by atoms with Crippen LogP contribution < -0.4 is 5.56 Å². The van der Waals surface area contributed by atoms with Crippen LogP contribution in [0.25, 0.3) is 0 Å². The predicted molar refractivity (Wildman–Crippen MR) is 116 cm³/mol. The highest BCUT2D eigenvalue weighted by Gasteiger charge is 2.37. The number of rotatable bonds is 6. The van der Waals surface area contributed by atoms with Crippen molar-refractivity contribution in [3.05, 3.63) is 67.3 Å². The fraction of sp³-hybridized carbons (Fsp3) is 0.450. The summed E-state index contributed by atoms with van der Waals surface area (Å²) in [5.74, 6) is -4.18. The average molecular weight is 511 g/mol. The summed E-state index contributed by atoms with van der Waals surface area (Å²) in [5.41, 5.74) is -0.298. The van der Waals surface area contributed by atoms with Gasteiger partial charge in [0.2, 0.25) is 0 Å². The molecule has 3 nitrogen and oxygen atoms in total. The van der Waals surface area contributed by atoms with E-state index in [-0.39, 0.29) is 33.1 Å². The van der Waals surface area contributed by atoms with Crippen LogP contribution in [0.4, 0.5) is 13.2 Å². The maximum atomic E-state index is 13.9. The van der Waals surface area contributed by atoms with E-state index in [4.69, 9.17) is 16.0 Å². The number of nitrogens with zero attached hydrogens (tertiary/aromatic N) is 1. The molecule has 0 N–H and O–H groups in total. The highest BCUT2D eigenvalue weighted by molar-refractivity contribution is 9.10. The second kappa shape index (κ2) is 8.96. The zero-order chi connectivity index (χ0) is 22.1. The first-order valence-electron chi connectivity index (χ1n) is 9.10. The van der Waals surface area contributed by atoms with Gasteiger partial charge in [0.1, 0.15) is 0 Å². The lowest BCUT2D eigenvalue weighted by atomic mass is 10.0. The van der Waals surface area contributed by atoms with Gasteiger partial charge in [0.05, 0.1) is 15.5 Å². The van der Waals surface area contributed by atoms with Crippen LogP contribution in [0.3, 0.4) is 0 Å². The zero-order valence-corrected chi connectivity index (χ0v) is 20.3. The van der Waals surface area contributed by atoms with Crippen molar-refractivity contribution in [3.63, 3.8) is 0 Å². The van der Waals surface area contributed by atoms with Crippen molar-refractivity contribution in [3.8, 4) is 0 Å². The zero-order valence-electron chi connectivity index (χ0n) is 17.0. The Labute approximate surface area is 183 Å². The third-order valence-corrected chi connectivity index (χ3v) is 10.7. The number of pyridine rings is 1. The molecule has 29 heavy (non-hydrogen) atoms. The van der Waals surface area contributed by atoms with Crippen LogP contribution in [0.5, 0.6) is 0 Å². The van der Waals surface area contributed by atoms with Crippen LogP contribution in [0.1, 0.15) is 38.8 Å². The van der Waals surface area contributed by atoms with Gasteiger partial charge in [-0.2, -0.15) is 0 Å². The van der Waals surface area contributed by atoms with Crippen LogP contribution in [0.2, 0.25) is 23.2 Å². The highest BCUT2D eigenvalue weighted by atomic mass is 79.9. The molecular weight excluding hydrogens is 487 g/mol. The van der Waals surface area contributed by atoms with Gasteiger partial charge in [-0.3, -0.25) is 4.79 Å². The number of hydrogen-bond acceptors (Lipinski definition) is 2. The molecule has 160 valence electrons. The molecular formula is C20H24BrClF3NO2Si. The van der Waals surface area contributed by atoms with Gasteiger partial charge in [-0.05, 0) is 64.2 Å².